The molecule has 0 bridgehead atoms. The molecule has 0 aromatic heterocycles. The van der Waals surface area contributed by atoms with Crippen LogP contribution in [0, 0.1) is 12.7 Å². The van der Waals surface area contributed by atoms with Crippen molar-refractivity contribution < 1.29 is 17.6 Å². The summed E-state index contributed by atoms with van der Waals surface area (Å²) in [6.07, 6.45) is -4.42. The van der Waals surface area contributed by atoms with Gasteiger partial charge >= 0.3 is 6.18 Å². The lowest BCUT2D eigenvalue weighted by molar-refractivity contribution is -0.137. The molecule has 0 aliphatic heterocycles. The third kappa shape index (κ3) is 2.53. The van der Waals surface area contributed by atoms with E-state index in [1.807, 2.05) is 0 Å². The van der Waals surface area contributed by atoms with Crippen LogP contribution in [0.4, 0.5) is 17.6 Å². The molecule has 0 nitrogen and oxygen atoms in total. The SMILES string of the molecule is Cc1ccc(C(F)(F)F)c(-c2ccc(F)cc2)c1. The van der Waals surface area contributed by atoms with Gasteiger partial charge in [0.05, 0.1) is 5.56 Å². The summed E-state index contributed by atoms with van der Waals surface area (Å²) in [5.74, 6) is -0.472. The van der Waals surface area contributed by atoms with Crippen LogP contribution < -0.4 is 0 Å². The summed E-state index contributed by atoms with van der Waals surface area (Å²) >= 11 is 0. The minimum absolute atomic E-state index is 0.0718. The molecule has 0 amide bonds. The Kier molecular flexibility index (Phi) is 3.11. The van der Waals surface area contributed by atoms with E-state index < -0.39 is 17.6 Å². The minimum atomic E-state index is -4.42. The lowest BCUT2D eigenvalue weighted by Crippen LogP contribution is -2.07. The average molecular weight is 254 g/mol. The Labute approximate surface area is 102 Å². The lowest BCUT2D eigenvalue weighted by Gasteiger charge is -2.13. The third-order valence-electron chi connectivity index (χ3n) is 2.64. The first-order valence-electron chi connectivity index (χ1n) is 5.32. The number of hydrogen-bond acceptors (Lipinski definition) is 0. The van der Waals surface area contributed by atoms with Crippen molar-refractivity contribution in [3.63, 3.8) is 0 Å². The van der Waals surface area contributed by atoms with Crippen molar-refractivity contribution in [3.05, 3.63) is 59.4 Å². The Morgan fingerprint density at radius 2 is 1.50 bits per heavy atom. The van der Waals surface area contributed by atoms with Gasteiger partial charge in [-0.2, -0.15) is 13.2 Å². The quantitative estimate of drug-likeness (QED) is 0.640. The van der Waals surface area contributed by atoms with Gasteiger partial charge in [-0.1, -0.05) is 29.8 Å². The van der Waals surface area contributed by atoms with Gasteiger partial charge in [0.1, 0.15) is 5.82 Å². The summed E-state index contributed by atoms with van der Waals surface area (Å²) in [7, 11) is 0. The molecule has 0 saturated carbocycles. The predicted octanol–water partition coefficient (Wildman–Crippen LogP) is 4.82. The largest absolute Gasteiger partial charge is 0.417 e. The molecule has 0 spiro atoms. The van der Waals surface area contributed by atoms with Gasteiger partial charge in [0.2, 0.25) is 0 Å². The smallest absolute Gasteiger partial charge is 0.207 e. The van der Waals surface area contributed by atoms with E-state index in [1.165, 1.54) is 24.3 Å². The highest BCUT2D eigenvalue weighted by Gasteiger charge is 2.33. The highest BCUT2D eigenvalue weighted by molar-refractivity contribution is 5.68. The van der Waals surface area contributed by atoms with Crippen LogP contribution in [0.25, 0.3) is 11.1 Å². The fourth-order valence-corrected chi connectivity index (χ4v) is 1.77. The number of rotatable bonds is 1. The zero-order valence-electron chi connectivity index (χ0n) is 9.55. The Hall–Kier alpha value is -1.84. The fraction of sp³-hybridized carbons (Fsp3) is 0.143. The molecule has 0 aliphatic rings. The molecule has 0 heterocycles. The molecular formula is C14H10F4. The van der Waals surface area contributed by atoms with Crippen molar-refractivity contribution in [2.24, 2.45) is 0 Å². The summed E-state index contributed by atoms with van der Waals surface area (Å²) in [6, 6.07) is 8.91. The normalized spacial score (nSPS) is 11.6. The van der Waals surface area contributed by atoms with Crippen LogP contribution in [0.5, 0.6) is 0 Å². The fourth-order valence-electron chi connectivity index (χ4n) is 1.77. The molecule has 2 aromatic carbocycles. The number of halogens is 4. The van der Waals surface area contributed by atoms with Crippen LogP contribution >= 0.6 is 0 Å². The summed E-state index contributed by atoms with van der Waals surface area (Å²) in [5, 5.41) is 0. The Balaban J connectivity index is 2.62. The van der Waals surface area contributed by atoms with Crippen molar-refractivity contribution in [2.75, 3.05) is 0 Å². The van der Waals surface area contributed by atoms with E-state index in [1.54, 1.807) is 6.92 Å². The molecule has 0 radical (unpaired) electrons. The van der Waals surface area contributed by atoms with Crippen LogP contribution in [0.15, 0.2) is 42.5 Å². The number of benzene rings is 2. The molecular weight excluding hydrogens is 244 g/mol. The standard InChI is InChI=1S/C14H10F4/c1-9-2-7-13(14(16,17)18)12(8-9)10-3-5-11(15)6-4-10/h2-8H,1H3. The molecule has 0 saturated heterocycles. The van der Waals surface area contributed by atoms with Gasteiger partial charge in [-0.25, -0.2) is 4.39 Å². The van der Waals surface area contributed by atoms with Gasteiger partial charge in [-0.05, 0) is 36.2 Å². The summed E-state index contributed by atoms with van der Waals surface area (Å²) in [5.41, 5.74) is 0.442. The summed E-state index contributed by atoms with van der Waals surface area (Å²) in [4.78, 5) is 0. The second kappa shape index (κ2) is 4.44. The van der Waals surface area contributed by atoms with Crippen LogP contribution in [0.2, 0.25) is 0 Å². The first-order chi connectivity index (χ1) is 8.38. The summed E-state index contributed by atoms with van der Waals surface area (Å²) in [6.45, 7) is 1.72. The molecule has 0 atom stereocenters. The molecule has 0 N–H and O–H groups in total. The van der Waals surface area contributed by atoms with E-state index in [4.69, 9.17) is 0 Å². The second-order valence-electron chi connectivity index (χ2n) is 4.05. The van der Waals surface area contributed by atoms with Crippen molar-refractivity contribution >= 4 is 0 Å². The van der Waals surface area contributed by atoms with E-state index in [9.17, 15) is 17.6 Å². The van der Waals surface area contributed by atoms with Crippen LogP contribution in [0.1, 0.15) is 11.1 Å². The van der Waals surface area contributed by atoms with Crippen molar-refractivity contribution in [3.8, 4) is 11.1 Å². The maximum Gasteiger partial charge on any atom is 0.417 e. The Bertz CT molecular complexity index is 553. The molecule has 18 heavy (non-hydrogen) atoms. The molecule has 2 aromatic rings. The number of alkyl halides is 3. The van der Waals surface area contributed by atoms with Crippen molar-refractivity contribution in [1.29, 1.82) is 0 Å². The van der Waals surface area contributed by atoms with Crippen molar-refractivity contribution in [2.45, 2.75) is 13.1 Å². The van der Waals surface area contributed by atoms with Gasteiger partial charge in [0.25, 0.3) is 0 Å². The number of hydrogen-bond donors (Lipinski definition) is 0. The molecule has 0 unspecified atom stereocenters. The minimum Gasteiger partial charge on any atom is -0.207 e. The van der Waals surface area contributed by atoms with Crippen LogP contribution in [0.3, 0.4) is 0 Å². The van der Waals surface area contributed by atoms with Gasteiger partial charge in [0.15, 0.2) is 0 Å². The van der Waals surface area contributed by atoms with Crippen LogP contribution in [-0.2, 0) is 6.18 Å². The van der Waals surface area contributed by atoms with E-state index in [0.717, 1.165) is 23.8 Å². The second-order valence-corrected chi connectivity index (χ2v) is 4.05. The van der Waals surface area contributed by atoms with E-state index >= 15 is 0 Å². The highest BCUT2D eigenvalue weighted by atomic mass is 19.4. The monoisotopic (exact) mass is 254 g/mol. The third-order valence-corrected chi connectivity index (χ3v) is 2.64. The number of aryl methyl sites for hydroxylation is 1. The topological polar surface area (TPSA) is 0 Å². The van der Waals surface area contributed by atoms with Crippen LogP contribution in [-0.4, -0.2) is 0 Å². The van der Waals surface area contributed by atoms with Crippen molar-refractivity contribution in [1.82, 2.24) is 0 Å². The average Bonchev–Trinajstić information content (AvgIpc) is 2.28. The first kappa shape index (κ1) is 12.6. The lowest BCUT2D eigenvalue weighted by atomic mass is 9.97. The maximum atomic E-state index is 12.9. The van der Waals surface area contributed by atoms with Gasteiger partial charge < -0.3 is 0 Å². The predicted molar refractivity (Wildman–Crippen MR) is 61.6 cm³/mol. The molecule has 94 valence electrons. The summed E-state index contributed by atoms with van der Waals surface area (Å²) < 4.78 is 51.4. The van der Waals surface area contributed by atoms with Gasteiger partial charge in [-0.3, -0.25) is 0 Å². The Morgan fingerprint density at radius 3 is 2.06 bits per heavy atom. The molecule has 2 rings (SSSR count). The van der Waals surface area contributed by atoms with E-state index in [-0.39, 0.29) is 5.56 Å². The highest BCUT2D eigenvalue weighted by Crippen LogP contribution is 2.37. The van der Waals surface area contributed by atoms with Gasteiger partial charge in [-0.15, -0.1) is 0 Å². The van der Waals surface area contributed by atoms with E-state index in [0.29, 0.717) is 5.56 Å². The maximum absolute atomic E-state index is 12.9. The molecule has 0 fully saturated rings. The van der Waals surface area contributed by atoms with E-state index in [2.05, 4.69) is 0 Å². The van der Waals surface area contributed by atoms with Gasteiger partial charge in [0, 0.05) is 0 Å². The molecule has 0 aliphatic carbocycles. The Morgan fingerprint density at radius 1 is 0.889 bits per heavy atom. The zero-order chi connectivity index (χ0) is 13.3. The first-order valence-corrected chi connectivity index (χ1v) is 5.32. The molecule has 4 heteroatoms. The zero-order valence-corrected chi connectivity index (χ0v) is 9.55.